The third-order valence-corrected chi connectivity index (χ3v) is 5.06. The van der Waals surface area contributed by atoms with E-state index in [1.807, 2.05) is 6.92 Å². The molecule has 1 fully saturated rings. The third kappa shape index (κ3) is 5.17. The van der Waals surface area contributed by atoms with Crippen LogP contribution in [0.15, 0.2) is 28.9 Å². The molecule has 0 radical (unpaired) electrons. The molecule has 1 aliphatic carbocycles. The van der Waals surface area contributed by atoms with E-state index in [2.05, 4.69) is 10.6 Å². The number of thiophene rings is 1. The molecule has 0 spiro atoms. The quantitative estimate of drug-likeness (QED) is 0.670. The number of rotatable bonds is 9. The van der Waals surface area contributed by atoms with Gasteiger partial charge in [-0.1, -0.05) is 0 Å². The molecule has 2 aromatic rings. The highest BCUT2D eigenvalue weighted by Gasteiger charge is 2.21. The largest absolute Gasteiger partial charge is 0.459 e. The van der Waals surface area contributed by atoms with Crippen molar-refractivity contribution in [3.8, 4) is 0 Å². The first-order valence-corrected chi connectivity index (χ1v) is 9.26. The molecule has 0 saturated heterocycles. The summed E-state index contributed by atoms with van der Waals surface area (Å²) in [6.07, 6.45) is 4.81. The minimum absolute atomic E-state index is 0.122. The Morgan fingerprint density at radius 3 is 2.92 bits per heavy atom. The average Bonchev–Trinajstić information content (AvgIpc) is 3.09. The molecule has 0 atom stereocenters. The molecule has 0 bridgehead atoms. The lowest BCUT2D eigenvalue weighted by Gasteiger charge is -2.05. The van der Waals surface area contributed by atoms with Crippen LogP contribution in [0.5, 0.6) is 0 Å². The molecule has 7 heteroatoms. The van der Waals surface area contributed by atoms with Crippen LogP contribution < -0.4 is 10.6 Å². The fourth-order valence-electron chi connectivity index (χ4n) is 2.34. The summed E-state index contributed by atoms with van der Waals surface area (Å²) >= 11 is 1.26. The Morgan fingerprint density at radius 1 is 1.36 bits per heavy atom. The molecule has 2 amide bonds. The van der Waals surface area contributed by atoms with Gasteiger partial charge in [-0.25, -0.2) is 0 Å². The molecule has 25 heavy (non-hydrogen) atoms. The lowest BCUT2D eigenvalue weighted by Crippen LogP contribution is -2.25. The van der Waals surface area contributed by atoms with Crippen LogP contribution in [0, 0.1) is 12.8 Å². The van der Waals surface area contributed by atoms with E-state index in [4.69, 9.17) is 9.15 Å². The van der Waals surface area contributed by atoms with E-state index in [9.17, 15) is 9.59 Å². The summed E-state index contributed by atoms with van der Waals surface area (Å²) < 4.78 is 10.6. The first kappa shape index (κ1) is 17.7. The third-order valence-electron chi connectivity index (χ3n) is 3.91. The summed E-state index contributed by atoms with van der Waals surface area (Å²) in [5.74, 6) is 0.552. The minimum atomic E-state index is -0.328. The molecule has 134 valence electrons. The fraction of sp³-hybridized carbons (Fsp3) is 0.444. The molecular weight excluding hydrogens is 340 g/mol. The van der Waals surface area contributed by atoms with Crippen LogP contribution in [0.25, 0.3) is 0 Å². The number of aryl methyl sites for hydroxylation is 1. The predicted octanol–water partition coefficient (Wildman–Crippen LogP) is 3.45. The zero-order valence-corrected chi connectivity index (χ0v) is 15.0. The Labute approximate surface area is 150 Å². The molecule has 3 rings (SSSR count). The fourth-order valence-corrected chi connectivity index (χ4v) is 3.33. The molecule has 2 aromatic heterocycles. The highest BCUT2D eigenvalue weighted by atomic mass is 32.1. The maximum atomic E-state index is 12.3. The van der Waals surface area contributed by atoms with Crippen molar-refractivity contribution in [2.75, 3.05) is 25.1 Å². The first-order valence-electron chi connectivity index (χ1n) is 8.44. The van der Waals surface area contributed by atoms with Crippen molar-refractivity contribution in [3.05, 3.63) is 40.7 Å². The number of amides is 2. The second kappa shape index (κ2) is 8.31. The molecule has 6 nitrogen and oxygen atoms in total. The minimum Gasteiger partial charge on any atom is -0.459 e. The number of carbonyl (C=O) groups excluding carboxylic acids is 2. The van der Waals surface area contributed by atoms with Gasteiger partial charge in [-0.05, 0) is 55.9 Å². The first-order chi connectivity index (χ1) is 12.1. The monoisotopic (exact) mass is 362 g/mol. The van der Waals surface area contributed by atoms with Crippen LogP contribution in [0.4, 0.5) is 5.00 Å². The predicted molar refractivity (Wildman–Crippen MR) is 96.2 cm³/mol. The summed E-state index contributed by atoms with van der Waals surface area (Å²) in [6.45, 7) is 3.95. The van der Waals surface area contributed by atoms with E-state index in [0.29, 0.717) is 23.0 Å². The molecule has 0 aliphatic heterocycles. The van der Waals surface area contributed by atoms with Gasteiger partial charge >= 0.3 is 0 Å². The zero-order valence-electron chi connectivity index (χ0n) is 14.2. The van der Waals surface area contributed by atoms with Crippen molar-refractivity contribution < 1.29 is 18.7 Å². The normalized spacial score (nSPS) is 13.6. The van der Waals surface area contributed by atoms with Gasteiger partial charge in [-0.15, -0.1) is 11.3 Å². The molecule has 2 heterocycles. The summed E-state index contributed by atoms with van der Waals surface area (Å²) in [5.41, 5.74) is 0.835. The van der Waals surface area contributed by atoms with Crippen LogP contribution in [-0.4, -0.2) is 31.6 Å². The van der Waals surface area contributed by atoms with Gasteiger partial charge in [-0.3, -0.25) is 9.59 Å². The Balaban J connectivity index is 1.44. The van der Waals surface area contributed by atoms with Gasteiger partial charge in [-0.2, -0.15) is 0 Å². The number of hydrogen-bond donors (Lipinski definition) is 2. The topological polar surface area (TPSA) is 80.6 Å². The van der Waals surface area contributed by atoms with Crippen LogP contribution >= 0.6 is 11.3 Å². The zero-order chi connectivity index (χ0) is 17.6. The Kier molecular flexibility index (Phi) is 5.88. The van der Waals surface area contributed by atoms with E-state index >= 15 is 0 Å². The maximum Gasteiger partial charge on any atom is 0.291 e. The van der Waals surface area contributed by atoms with E-state index in [0.717, 1.165) is 24.5 Å². The van der Waals surface area contributed by atoms with Crippen molar-refractivity contribution in [3.63, 3.8) is 0 Å². The molecule has 0 unspecified atom stereocenters. The number of anilines is 1. The standard InChI is InChI=1S/C18H22N2O4S/c1-12-10-15(20-17(21)14-4-2-9-24-14)25-16(12)18(22)19-7-3-8-23-11-13-5-6-13/h2,4,9-10,13H,3,5-8,11H2,1H3,(H,19,22)(H,20,21). The van der Waals surface area contributed by atoms with E-state index in [1.54, 1.807) is 18.2 Å². The highest BCUT2D eigenvalue weighted by Crippen LogP contribution is 2.29. The summed E-state index contributed by atoms with van der Waals surface area (Å²) in [7, 11) is 0. The maximum absolute atomic E-state index is 12.3. The smallest absolute Gasteiger partial charge is 0.291 e. The van der Waals surface area contributed by atoms with E-state index < -0.39 is 0 Å². The van der Waals surface area contributed by atoms with Crippen LogP contribution in [0.2, 0.25) is 0 Å². The number of furan rings is 1. The van der Waals surface area contributed by atoms with Crippen LogP contribution in [-0.2, 0) is 4.74 Å². The second-order valence-corrected chi connectivity index (χ2v) is 7.23. The van der Waals surface area contributed by atoms with Crippen molar-refractivity contribution in [1.29, 1.82) is 0 Å². The van der Waals surface area contributed by atoms with E-state index in [1.165, 1.54) is 30.4 Å². The molecule has 1 saturated carbocycles. The highest BCUT2D eigenvalue weighted by molar-refractivity contribution is 7.18. The van der Waals surface area contributed by atoms with Crippen molar-refractivity contribution in [2.45, 2.75) is 26.2 Å². The van der Waals surface area contributed by atoms with Gasteiger partial charge in [0, 0.05) is 19.8 Å². The Morgan fingerprint density at radius 2 is 2.20 bits per heavy atom. The number of hydrogen-bond acceptors (Lipinski definition) is 5. The molecule has 1 aliphatic rings. The Bertz CT molecular complexity index is 720. The van der Waals surface area contributed by atoms with Crippen LogP contribution in [0.3, 0.4) is 0 Å². The van der Waals surface area contributed by atoms with Crippen molar-refractivity contribution >= 4 is 28.2 Å². The SMILES string of the molecule is Cc1cc(NC(=O)c2ccco2)sc1C(=O)NCCCOCC1CC1. The molecular formula is C18H22N2O4S. The lowest BCUT2D eigenvalue weighted by atomic mass is 10.2. The van der Waals surface area contributed by atoms with Gasteiger partial charge in [0.1, 0.15) is 0 Å². The van der Waals surface area contributed by atoms with Crippen molar-refractivity contribution in [2.24, 2.45) is 5.92 Å². The number of ether oxygens (including phenoxy) is 1. The lowest BCUT2D eigenvalue weighted by molar-refractivity contribution is 0.0939. The van der Waals surface area contributed by atoms with Gasteiger partial charge in [0.05, 0.1) is 16.1 Å². The van der Waals surface area contributed by atoms with Gasteiger partial charge in [0.25, 0.3) is 11.8 Å². The van der Waals surface area contributed by atoms with Gasteiger partial charge in [0.2, 0.25) is 0 Å². The summed E-state index contributed by atoms with van der Waals surface area (Å²) in [5, 5.41) is 6.27. The van der Waals surface area contributed by atoms with Crippen molar-refractivity contribution in [1.82, 2.24) is 5.32 Å². The van der Waals surface area contributed by atoms with E-state index in [-0.39, 0.29) is 17.6 Å². The average molecular weight is 362 g/mol. The number of nitrogens with one attached hydrogen (secondary N) is 2. The Hall–Kier alpha value is -2.12. The number of carbonyl (C=O) groups is 2. The van der Waals surface area contributed by atoms with Gasteiger partial charge < -0.3 is 19.8 Å². The molecule has 2 N–H and O–H groups in total. The second-order valence-electron chi connectivity index (χ2n) is 6.18. The summed E-state index contributed by atoms with van der Waals surface area (Å²) in [6, 6.07) is 5.04. The molecule has 0 aromatic carbocycles. The van der Waals surface area contributed by atoms with Crippen LogP contribution in [0.1, 0.15) is 45.1 Å². The summed E-state index contributed by atoms with van der Waals surface area (Å²) in [4.78, 5) is 24.9. The van der Waals surface area contributed by atoms with Gasteiger partial charge in [0.15, 0.2) is 5.76 Å².